The molecule has 6 heteroatoms. The van der Waals surface area contributed by atoms with E-state index < -0.39 is 6.04 Å². The molecule has 6 nitrogen and oxygen atoms in total. The molecule has 0 spiro atoms. The number of carbonyl (C=O) groups excluding carboxylic acids is 1. The third kappa shape index (κ3) is 4.84. The van der Waals surface area contributed by atoms with Crippen molar-refractivity contribution in [3.63, 3.8) is 0 Å². The van der Waals surface area contributed by atoms with Gasteiger partial charge in [0.2, 0.25) is 5.76 Å². The molecule has 3 aromatic carbocycles. The van der Waals surface area contributed by atoms with Crippen LogP contribution in [-0.2, 0) is 0 Å². The average Bonchev–Trinajstić information content (AvgIpc) is 3.22. The topological polar surface area (TPSA) is 69.0 Å². The second-order valence-electron chi connectivity index (χ2n) is 9.15. The Morgan fingerprint density at radius 2 is 1.51 bits per heavy atom. The molecule has 190 valence electrons. The molecule has 1 aromatic heterocycles. The summed E-state index contributed by atoms with van der Waals surface area (Å²) in [6.07, 6.45) is 4.55. The maximum atomic E-state index is 13.7. The summed E-state index contributed by atoms with van der Waals surface area (Å²) >= 11 is 0. The van der Waals surface area contributed by atoms with Crippen LogP contribution in [0, 0.1) is 0 Å². The molecule has 1 atom stereocenters. The van der Waals surface area contributed by atoms with Gasteiger partial charge in [-0.2, -0.15) is 0 Å². The lowest BCUT2D eigenvalue weighted by atomic mass is 9.98. The molecular weight excluding hydrogens is 466 g/mol. The monoisotopic (exact) mass is 497 g/mol. The molecule has 37 heavy (non-hydrogen) atoms. The molecule has 0 aliphatic carbocycles. The van der Waals surface area contributed by atoms with E-state index in [4.69, 9.17) is 13.9 Å². The van der Waals surface area contributed by atoms with Crippen molar-refractivity contribution in [2.45, 2.75) is 45.6 Å². The van der Waals surface area contributed by atoms with Crippen molar-refractivity contribution >= 4 is 22.6 Å². The SMILES string of the molecule is CCCCCCOc1ccc(C2c3c(oc4ccccc4c3=O)C(=O)N2c2ccc(OCC)cc2)cc1. The van der Waals surface area contributed by atoms with Crippen LogP contribution in [0.25, 0.3) is 11.0 Å². The smallest absolute Gasteiger partial charge is 0.295 e. The summed E-state index contributed by atoms with van der Waals surface area (Å²) in [5.74, 6) is 1.22. The van der Waals surface area contributed by atoms with Crippen molar-refractivity contribution in [2.24, 2.45) is 0 Å². The highest BCUT2D eigenvalue weighted by Crippen LogP contribution is 2.41. The number of hydrogen-bond acceptors (Lipinski definition) is 5. The van der Waals surface area contributed by atoms with E-state index in [1.165, 1.54) is 12.8 Å². The summed E-state index contributed by atoms with van der Waals surface area (Å²) < 4.78 is 17.5. The highest BCUT2D eigenvalue weighted by Gasteiger charge is 2.43. The Bertz CT molecular complexity index is 1440. The number of ether oxygens (including phenoxy) is 2. The Morgan fingerprint density at radius 1 is 0.811 bits per heavy atom. The zero-order valence-corrected chi connectivity index (χ0v) is 21.2. The lowest BCUT2D eigenvalue weighted by Gasteiger charge is -2.25. The summed E-state index contributed by atoms with van der Waals surface area (Å²) in [6, 6.07) is 21.4. The van der Waals surface area contributed by atoms with Crippen LogP contribution in [0.3, 0.4) is 0 Å². The Kier molecular flexibility index (Phi) is 7.26. The molecule has 0 saturated heterocycles. The van der Waals surface area contributed by atoms with Gasteiger partial charge in [0.15, 0.2) is 5.43 Å². The summed E-state index contributed by atoms with van der Waals surface area (Å²) in [7, 11) is 0. The molecule has 1 amide bonds. The third-order valence-corrected chi connectivity index (χ3v) is 6.67. The molecule has 1 unspecified atom stereocenters. The Balaban J connectivity index is 1.54. The van der Waals surface area contributed by atoms with Gasteiger partial charge in [0.1, 0.15) is 17.1 Å². The second-order valence-corrected chi connectivity index (χ2v) is 9.15. The van der Waals surface area contributed by atoms with E-state index >= 15 is 0 Å². The number of unbranched alkanes of at least 4 members (excludes halogenated alkanes) is 3. The van der Waals surface area contributed by atoms with E-state index in [9.17, 15) is 9.59 Å². The minimum Gasteiger partial charge on any atom is -0.494 e. The summed E-state index contributed by atoms with van der Waals surface area (Å²) in [5.41, 5.74) is 2.02. The number of benzene rings is 3. The van der Waals surface area contributed by atoms with Crippen LogP contribution in [0.4, 0.5) is 5.69 Å². The molecule has 2 heterocycles. The zero-order valence-electron chi connectivity index (χ0n) is 21.2. The predicted octanol–water partition coefficient (Wildman–Crippen LogP) is 6.90. The Morgan fingerprint density at radius 3 is 2.24 bits per heavy atom. The Hall–Kier alpha value is -4.06. The van der Waals surface area contributed by atoms with Crippen LogP contribution in [0.15, 0.2) is 82.0 Å². The Labute approximate surface area is 216 Å². The maximum Gasteiger partial charge on any atom is 0.295 e. The summed E-state index contributed by atoms with van der Waals surface area (Å²) in [4.78, 5) is 29.0. The molecule has 1 aliphatic heterocycles. The lowest BCUT2D eigenvalue weighted by Crippen LogP contribution is -2.29. The van der Waals surface area contributed by atoms with E-state index in [0.717, 1.165) is 24.2 Å². The number of carbonyl (C=O) groups is 1. The zero-order chi connectivity index (χ0) is 25.8. The number of nitrogens with zero attached hydrogens (tertiary/aromatic N) is 1. The average molecular weight is 498 g/mol. The molecular formula is C31H31NO5. The molecule has 0 bridgehead atoms. The highest BCUT2D eigenvalue weighted by atomic mass is 16.5. The van der Waals surface area contributed by atoms with E-state index in [0.29, 0.717) is 41.2 Å². The van der Waals surface area contributed by atoms with Crippen molar-refractivity contribution in [3.8, 4) is 11.5 Å². The lowest BCUT2D eigenvalue weighted by molar-refractivity contribution is 0.0971. The predicted molar refractivity (Wildman–Crippen MR) is 145 cm³/mol. The number of amides is 1. The van der Waals surface area contributed by atoms with Crippen LogP contribution in [0.5, 0.6) is 11.5 Å². The van der Waals surface area contributed by atoms with Gasteiger partial charge >= 0.3 is 0 Å². The van der Waals surface area contributed by atoms with E-state index in [-0.39, 0.29) is 17.1 Å². The van der Waals surface area contributed by atoms with Gasteiger partial charge in [-0.25, -0.2) is 0 Å². The van der Waals surface area contributed by atoms with E-state index in [2.05, 4.69) is 6.92 Å². The van der Waals surface area contributed by atoms with Crippen LogP contribution < -0.4 is 19.8 Å². The van der Waals surface area contributed by atoms with E-state index in [1.54, 1.807) is 29.2 Å². The molecule has 0 saturated carbocycles. The first-order valence-corrected chi connectivity index (χ1v) is 13.0. The minimum atomic E-state index is -0.625. The molecule has 0 fully saturated rings. The quantitative estimate of drug-likeness (QED) is 0.223. The standard InChI is InChI=1S/C31H31NO5/c1-3-5-6-9-20-36-24-16-12-21(13-17-24)28-27-29(33)25-10-7-8-11-26(25)37-30(27)31(34)32(28)22-14-18-23(19-15-22)35-4-2/h7-8,10-19,28H,3-6,9,20H2,1-2H3. The van der Waals surface area contributed by atoms with Crippen LogP contribution >= 0.6 is 0 Å². The van der Waals surface area contributed by atoms with Crippen molar-refractivity contribution in [1.29, 1.82) is 0 Å². The number of anilines is 1. The van der Waals surface area contributed by atoms with Crippen molar-refractivity contribution in [2.75, 3.05) is 18.1 Å². The van der Waals surface area contributed by atoms with Gasteiger partial charge in [0, 0.05) is 5.69 Å². The molecule has 1 aliphatic rings. The van der Waals surface area contributed by atoms with Crippen molar-refractivity contribution in [3.05, 3.63) is 99.9 Å². The first kappa shape index (κ1) is 24.6. The fraction of sp³-hybridized carbons (Fsp3) is 0.290. The third-order valence-electron chi connectivity index (χ3n) is 6.67. The van der Waals surface area contributed by atoms with Gasteiger partial charge < -0.3 is 13.9 Å². The second kappa shape index (κ2) is 10.9. The largest absolute Gasteiger partial charge is 0.494 e. The van der Waals surface area contributed by atoms with Gasteiger partial charge in [-0.15, -0.1) is 0 Å². The van der Waals surface area contributed by atoms with Crippen LogP contribution in [0.2, 0.25) is 0 Å². The van der Waals surface area contributed by atoms with Gasteiger partial charge in [0.25, 0.3) is 5.91 Å². The van der Waals surface area contributed by atoms with Crippen LogP contribution in [0.1, 0.15) is 67.3 Å². The normalized spacial score (nSPS) is 14.7. The summed E-state index contributed by atoms with van der Waals surface area (Å²) in [6.45, 7) is 5.32. The van der Waals surface area contributed by atoms with Gasteiger partial charge in [-0.05, 0) is 67.4 Å². The van der Waals surface area contributed by atoms with Gasteiger partial charge in [-0.1, -0.05) is 50.5 Å². The van der Waals surface area contributed by atoms with Crippen LogP contribution in [-0.4, -0.2) is 19.1 Å². The first-order chi connectivity index (χ1) is 18.1. The van der Waals surface area contributed by atoms with Gasteiger partial charge in [0.05, 0.1) is 30.2 Å². The minimum absolute atomic E-state index is 0.0823. The number of hydrogen-bond donors (Lipinski definition) is 0. The number of fused-ring (bicyclic) bond motifs is 2. The summed E-state index contributed by atoms with van der Waals surface area (Å²) in [5, 5.41) is 0.458. The first-order valence-electron chi connectivity index (χ1n) is 13.0. The number of rotatable bonds is 10. The van der Waals surface area contributed by atoms with E-state index in [1.807, 2.05) is 55.5 Å². The molecule has 5 rings (SSSR count). The van der Waals surface area contributed by atoms with Crippen molar-refractivity contribution in [1.82, 2.24) is 0 Å². The fourth-order valence-corrected chi connectivity index (χ4v) is 4.84. The molecule has 0 N–H and O–H groups in total. The highest BCUT2D eigenvalue weighted by molar-refractivity contribution is 6.10. The molecule has 0 radical (unpaired) electrons. The fourth-order valence-electron chi connectivity index (χ4n) is 4.84. The van der Waals surface area contributed by atoms with Gasteiger partial charge in [-0.3, -0.25) is 14.5 Å². The maximum absolute atomic E-state index is 13.7. The number of para-hydroxylation sites is 1. The van der Waals surface area contributed by atoms with Crippen molar-refractivity contribution < 1.29 is 18.7 Å². The molecule has 4 aromatic rings.